The number of benzene rings is 2. The molecule has 0 bridgehead atoms. The van der Waals surface area contributed by atoms with Gasteiger partial charge >= 0.3 is 0 Å². The first-order valence-corrected chi connectivity index (χ1v) is 6.93. The van der Waals surface area contributed by atoms with Gasteiger partial charge in [0.25, 0.3) is 0 Å². The fourth-order valence-electron chi connectivity index (χ4n) is 1.72. The minimum absolute atomic E-state index is 0.359. The second-order valence-corrected chi connectivity index (χ2v) is 5.40. The number of hydrogen-bond acceptors (Lipinski definition) is 3. The monoisotopic (exact) mass is 345 g/mol. The molecular weight excluding hydrogens is 338 g/mol. The van der Waals surface area contributed by atoms with Crippen molar-refractivity contribution >= 4 is 33.2 Å². The molecule has 0 aliphatic heterocycles. The Bertz CT molecular complexity index is 729. The summed E-state index contributed by atoms with van der Waals surface area (Å²) in [4.78, 5) is 0. The summed E-state index contributed by atoms with van der Waals surface area (Å²) in [6.07, 6.45) is 0. The predicted molar refractivity (Wildman–Crippen MR) is 82.4 cm³/mol. The molecule has 0 amide bonds. The van der Waals surface area contributed by atoms with Crippen LogP contribution < -0.4 is 5.32 Å². The van der Waals surface area contributed by atoms with Gasteiger partial charge in [0.05, 0.1) is 11.1 Å². The molecule has 2 rings (SSSR count). The third-order valence-corrected chi connectivity index (χ3v) is 3.61. The highest BCUT2D eigenvalue weighted by atomic mass is 79.9. The van der Waals surface area contributed by atoms with Gasteiger partial charge in [-0.1, -0.05) is 27.5 Å². The Morgan fingerprint density at radius 1 is 1.05 bits per heavy atom. The van der Waals surface area contributed by atoms with Gasteiger partial charge in [0.1, 0.15) is 12.1 Å². The number of nitrogens with one attached hydrogen (secondary N) is 1. The SMILES string of the molecule is N#Cc1ccc(NCc2cc(Br)ccc2Cl)cc1C#N. The van der Waals surface area contributed by atoms with E-state index in [4.69, 9.17) is 22.1 Å². The first kappa shape index (κ1) is 14.4. The van der Waals surface area contributed by atoms with Gasteiger partial charge < -0.3 is 5.32 Å². The van der Waals surface area contributed by atoms with Crippen LogP contribution in [0.4, 0.5) is 5.69 Å². The van der Waals surface area contributed by atoms with E-state index in [0.29, 0.717) is 22.7 Å². The van der Waals surface area contributed by atoms with Gasteiger partial charge in [-0.05, 0) is 42.0 Å². The van der Waals surface area contributed by atoms with Crippen molar-refractivity contribution in [3.63, 3.8) is 0 Å². The van der Waals surface area contributed by atoms with Crippen LogP contribution in [0.3, 0.4) is 0 Å². The number of hydrogen-bond donors (Lipinski definition) is 1. The minimum atomic E-state index is 0.359. The Labute approximate surface area is 130 Å². The summed E-state index contributed by atoms with van der Waals surface area (Å²) in [6.45, 7) is 0.537. The van der Waals surface area contributed by atoms with Crippen LogP contribution in [0, 0.1) is 22.7 Å². The van der Waals surface area contributed by atoms with Crippen molar-refractivity contribution < 1.29 is 0 Å². The number of nitriles is 2. The molecule has 20 heavy (non-hydrogen) atoms. The summed E-state index contributed by atoms with van der Waals surface area (Å²) in [5, 5.41) is 21.7. The van der Waals surface area contributed by atoms with E-state index in [1.54, 1.807) is 18.2 Å². The summed E-state index contributed by atoms with van der Waals surface area (Å²) < 4.78 is 0.955. The molecule has 0 heterocycles. The summed E-state index contributed by atoms with van der Waals surface area (Å²) in [7, 11) is 0. The van der Waals surface area contributed by atoms with Gasteiger partial charge in [0.15, 0.2) is 0 Å². The summed E-state index contributed by atoms with van der Waals surface area (Å²) >= 11 is 9.51. The highest BCUT2D eigenvalue weighted by Crippen LogP contribution is 2.22. The molecule has 0 saturated carbocycles. The Kier molecular flexibility index (Phi) is 4.63. The van der Waals surface area contributed by atoms with Gasteiger partial charge in [-0.3, -0.25) is 0 Å². The Morgan fingerprint density at radius 3 is 2.50 bits per heavy atom. The van der Waals surface area contributed by atoms with Crippen molar-refractivity contribution in [1.82, 2.24) is 0 Å². The molecule has 2 aromatic rings. The first-order chi connectivity index (χ1) is 9.63. The van der Waals surface area contributed by atoms with E-state index < -0.39 is 0 Å². The van der Waals surface area contributed by atoms with Crippen LogP contribution in [0.15, 0.2) is 40.9 Å². The third-order valence-electron chi connectivity index (χ3n) is 2.75. The van der Waals surface area contributed by atoms with Crippen LogP contribution in [0.25, 0.3) is 0 Å². The average Bonchev–Trinajstić information content (AvgIpc) is 2.47. The van der Waals surface area contributed by atoms with Crippen LogP contribution in [0.2, 0.25) is 5.02 Å². The Morgan fingerprint density at radius 2 is 1.80 bits per heavy atom. The minimum Gasteiger partial charge on any atom is -0.381 e. The zero-order valence-electron chi connectivity index (χ0n) is 10.3. The van der Waals surface area contributed by atoms with Crippen LogP contribution in [0.1, 0.15) is 16.7 Å². The molecule has 0 radical (unpaired) electrons. The zero-order chi connectivity index (χ0) is 14.5. The number of nitrogens with zero attached hydrogens (tertiary/aromatic N) is 2. The fraction of sp³-hybridized carbons (Fsp3) is 0.0667. The molecule has 0 atom stereocenters. The molecule has 0 aliphatic rings. The molecule has 0 aliphatic carbocycles. The Hall–Kier alpha value is -2.01. The predicted octanol–water partition coefficient (Wildman–Crippen LogP) is 4.46. The zero-order valence-corrected chi connectivity index (χ0v) is 12.7. The molecule has 98 valence electrons. The molecule has 0 spiro atoms. The second kappa shape index (κ2) is 6.43. The topological polar surface area (TPSA) is 59.6 Å². The normalized spacial score (nSPS) is 9.60. The van der Waals surface area contributed by atoms with Crippen LogP contribution in [0.5, 0.6) is 0 Å². The molecule has 0 saturated heterocycles. The van der Waals surface area contributed by atoms with Crippen molar-refractivity contribution in [3.8, 4) is 12.1 Å². The van der Waals surface area contributed by atoms with Crippen molar-refractivity contribution in [1.29, 1.82) is 10.5 Å². The second-order valence-electron chi connectivity index (χ2n) is 4.07. The van der Waals surface area contributed by atoms with E-state index in [0.717, 1.165) is 15.7 Å². The largest absolute Gasteiger partial charge is 0.381 e. The molecule has 0 aromatic heterocycles. The number of halogens is 2. The first-order valence-electron chi connectivity index (χ1n) is 5.76. The van der Waals surface area contributed by atoms with E-state index in [1.807, 2.05) is 30.3 Å². The molecule has 0 fully saturated rings. The van der Waals surface area contributed by atoms with Crippen LogP contribution in [-0.2, 0) is 6.54 Å². The fourth-order valence-corrected chi connectivity index (χ4v) is 2.31. The lowest BCUT2D eigenvalue weighted by Crippen LogP contribution is -2.01. The molecule has 1 N–H and O–H groups in total. The highest BCUT2D eigenvalue weighted by molar-refractivity contribution is 9.10. The van der Waals surface area contributed by atoms with Gasteiger partial charge in [-0.15, -0.1) is 0 Å². The lowest BCUT2D eigenvalue weighted by molar-refractivity contribution is 1.14. The lowest BCUT2D eigenvalue weighted by atomic mass is 10.1. The lowest BCUT2D eigenvalue weighted by Gasteiger charge is -2.09. The van der Waals surface area contributed by atoms with Crippen LogP contribution in [-0.4, -0.2) is 0 Å². The van der Waals surface area contributed by atoms with Crippen LogP contribution >= 0.6 is 27.5 Å². The van der Waals surface area contributed by atoms with E-state index >= 15 is 0 Å². The standard InChI is InChI=1S/C15H9BrClN3/c16-13-2-4-15(17)12(5-13)9-20-14-3-1-10(7-18)11(6-14)8-19/h1-6,20H,9H2. The van der Waals surface area contributed by atoms with Gasteiger partial charge in [0.2, 0.25) is 0 Å². The molecular formula is C15H9BrClN3. The number of anilines is 1. The van der Waals surface area contributed by atoms with Gasteiger partial charge in [-0.25, -0.2) is 0 Å². The van der Waals surface area contributed by atoms with Gasteiger partial charge in [-0.2, -0.15) is 10.5 Å². The third kappa shape index (κ3) is 3.30. The van der Waals surface area contributed by atoms with E-state index in [-0.39, 0.29) is 0 Å². The van der Waals surface area contributed by atoms with Crippen molar-refractivity contribution in [3.05, 3.63) is 62.6 Å². The van der Waals surface area contributed by atoms with E-state index in [1.165, 1.54) is 0 Å². The number of rotatable bonds is 3. The molecule has 2 aromatic carbocycles. The molecule has 0 unspecified atom stereocenters. The van der Waals surface area contributed by atoms with E-state index in [2.05, 4.69) is 21.2 Å². The van der Waals surface area contributed by atoms with Crippen molar-refractivity contribution in [2.45, 2.75) is 6.54 Å². The maximum atomic E-state index is 8.98. The highest BCUT2D eigenvalue weighted by Gasteiger charge is 2.04. The van der Waals surface area contributed by atoms with Crippen molar-refractivity contribution in [2.24, 2.45) is 0 Å². The summed E-state index contributed by atoms with van der Waals surface area (Å²) in [6, 6.07) is 14.7. The maximum absolute atomic E-state index is 8.98. The molecule has 5 heteroatoms. The maximum Gasteiger partial charge on any atom is 0.101 e. The molecule has 3 nitrogen and oxygen atoms in total. The average molecular weight is 347 g/mol. The smallest absolute Gasteiger partial charge is 0.101 e. The van der Waals surface area contributed by atoms with Crippen molar-refractivity contribution in [2.75, 3.05) is 5.32 Å². The van der Waals surface area contributed by atoms with Gasteiger partial charge in [0, 0.05) is 21.7 Å². The quantitative estimate of drug-likeness (QED) is 0.892. The van der Waals surface area contributed by atoms with E-state index in [9.17, 15) is 0 Å². The Balaban J connectivity index is 2.18. The summed E-state index contributed by atoms with van der Waals surface area (Å²) in [5.41, 5.74) is 2.46. The summed E-state index contributed by atoms with van der Waals surface area (Å²) in [5.74, 6) is 0.